The van der Waals surface area contributed by atoms with Crippen LogP contribution in [0.5, 0.6) is 5.75 Å². The molecule has 3 unspecified atom stereocenters. The predicted molar refractivity (Wildman–Crippen MR) is 96.7 cm³/mol. The molecule has 0 radical (unpaired) electrons. The Morgan fingerprint density at radius 3 is 2.79 bits per heavy atom. The fourth-order valence-electron chi connectivity index (χ4n) is 4.46. The van der Waals surface area contributed by atoms with Crippen LogP contribution in [0.15, 0.2) is 29.2 Å². The maximum atomic E-state index is 11.9. The Bertz CT molecular complexity index is 804. The van der Waals surface area contributed by atoms with E-state index in [0.717, 1.165) is 37.0 Å². The Labute approximate surface area is 146 Å². The molecule has 0 spiro atoms. The summed E-state index contributed by atoms with van der Waals surface area (Å²) >= 11 is 6.39. The lowest BCUT2D eigenvalue weighted by Gasteiger charge is -2.24. The van der Waals surface area contributed by atoms with E-state index in [-0.39, 0.29) is 11.7 Å². The van der Waals surface area contributed by atoms with Crippen LogP contribution in [0.4, 0.5) is 0 Å². The third-order valence-corrected chi connectivity index (χ3v) is 6.08. The van der Waals surface area contributed by atoms with Crippen molar-refractivity contribution in [2.75, 3.05) is 0 Å². The summed E-state index contributed by atoms with van der Waals surface area (Å²) < 4.78 is 6.33. The van der Waals surface area contributed by atoms with Crippen molar-refractivity contribution in [3.05, 3.63) is 39.8 Å². The molecule has 0 aliphatic heterocycles. The van der Waals surface area contributed by atoms with E-state index >= 15 is 0 Å². The summed E-state index contributed by atoms with van der Waals surface area (Å²) in [5.41, 5.74) is 6.02. The third-order valence-electron chi connectivity index (χ3n) is 5.79. The molecule has 2 aromatic rings. The first kappa shape index (κ1) is 16.0. The van der Waals surface area contributed by atoms with Gasteiger partial charge < -0.3 is 15.5 Å². The van der Waals surface area contributed by atoms with Crippen molar-refractivity contribution >= 4 is 22.4 Å². The van der Waals surface area contributed by atoms with Crippen LogP contribution in [0.25, 0.3) is 10.8 Å². The molecule has 1 aromatic carbocycles. The van der Waals surface area contributed by atoms with Gasteiger partial charge in [-0.05, 0) is 73.9 Å². The molecule has 2 saturated carbocycles. The number of fused-ring (bicyclic) bond motifs is 2. The number of H-pyrrole nitrogens is 1. The zero-order valence-corrected chi connectivity index (χ0v) is 14.4. The van der Waals surface area contributed by atoms with Crippen LogP contribution in [-0.2, 0) is 0 Å². The molecular weight excluding hydrogens is 324 g/mol. The zero-order chi connectivity index (χ0) is 16.7. The maximum Gasteiger partial charge on any atom is 0.255 e. The van der Waals surface area contributed by atoms with E-state index in [1.807, 2.05) is 12.1 Å². The molecule has 128 valence electrons. The van der Waals surface area contributed by atoms with Crippen molar-refractivity contribution in [3.63, 3.8) is 0 Å². The van der Waals surface area contributed by atoms with E-state index in [1.54, 1.807) is 12.3 Å². The summed E-state index contributed by atoms with van der Waals surface area (Å²) in [7, 11) is 0. The van der Waals surface area contributed by atoms with Gasteiger partial charge >= 0.3 is 0 Å². The molecule has 0 amide bonds. The standard InChI is InChI=1S/C19H23ClN2O2/c20-16-10-15-12(7-8-22-19(15)23)9-18(16)24-17-6-2-11-1-3-13(21)4-5-14(11)17/h7-11,13-14,17H,1-6,21H2,(H,22,23)/t11?,13?,14-,17?/m1/s1. The minimum absolute atomic E-state index is 0.125. The molecule has 2 aliphatic rings. The van der Waals surface area contributed by atoms with Gasteiger partial charge in [0.05, 0.1) is 5.02 Å². The van der Waals surface area contributed by atoms with E-state index < -0.39 is 0 Å². The van der Waals surface area contributed by atoms with Crippen LogP contribution in [0.2, 0.25) is 5.02 Å². The minimum atomic E-state index is -0.125. The molecule has 0 saturated heterocycles. The van der Waals surface area contributed by atoms with Gasteiger partial charge in [-0.25, -0.2) is 0 Å². The topological polar surface area (TPSA) is 68.1 Å². The molecule has 4 atom stereocenters. The SMILES string of the molecule is NC1CCC2CCC(Oc3cc4cc[nH]c(=O)c4cc3Cl)[C@@H]2CC1. The number of benzene rings is 1. The lowest BCUT2D eigenvalue weighted by atomic mass is 9.90. The Hall–Kier alpha value is -1.52. The molecular formula is C19H23ClN2O2. The molecule has 0 bridgehead atoms. The molecule has 1 aromatic heterocycles. The van der Waals surface area contributed by atoms with E-state index in [9.17, 15) is 4.79 Å². The Morgan fingerprint density at radius 2 is 1.92 bits per heavy atom. The summed E-state index contributed by atoms with van der Waals surface area (Å²) in [5, 5.41) is 1.96. The molecule has 4 nitrogen and oxygen atoms in total. The van der Waals surface area contributed by atoms with Crippen molar-refractivity contribution < 1.29 is 4.74 Å². The van der Waals surface area contributed by atoms with Crippen LogP contribution >= 0.6 is 11.6 Å². The number of hydrogen-bond donors (Lipinski definition) is 2. The van der Waals surface area contributed by atoms with Gasteiger partial charge in [0.2, 0.25) is 0 Å². The van der Waals surface area contributed by atoms with Crippen LogP contribution in [0.1, 0.15) is 38.5 Å². The van der Waals surface area contributed by atoms with E-state index in [0.29, 0.717) is 28.1 Å². The first-order chi connectivity index (χ1) is 11.6. The summed E-state index contributed by atoms with van der Waals surface area (Å²) in [6.07, 6.45) is 8.72. The second-order valence-electron chi connectivity index (χ2n) is 7.25. The Balaban J connectivity index is 1.60. The summed E-state index contributed by atoms with van der Waals surface area (Å²) in [5.74, 6) is 1.99. The number of ether oxygens (including phenoxy) is 1. The van der Waals surface area contributed by atoms with Gasteiger partial charge in [0.25, 0.3) is 5.56 Å². The molecule has 1 heterocycles. The van der Waals surface area contributed by atoms with Gasteiger partial charge in [-0.15, -0.1) is 0 Å². The summed E-state index contributed by atoms with van der Waals surface area (Å²) in [6, 6.07) is 5.82. The molecule has 2 fully saturated rings. The molecule has 5 heteroatoms. The smallest absolute Gasteiger partial charge is 0.255 e. The lowest BCUT2D eigenvalue weighted by Crippen LogP contribution is -2.25. The van der Waals surface area contributed by atoms with Gasteiger partial charge in [-0.3, -0.25) is 4.79 Å². The first-order valence-corrected chi connectivity index (χ1v) is 9.23. The largest absolute Gasteiger partial charge is 0.489 e. The number of rotatable bonds is 2. The second-order valence-corrected chi connectivity index (χ2v) is 7.66. The number of pyridine rings is 1. The number of halogens is 1. The van der Waals surface area contributed by atoms with Crippen LogP contribution < -0.4 is 16.0 Å². The van der Waals surface area contributed by atoms with Crippen molar-refractivity contribution in [1.29, 1.82) is 0 Å². The fraction of sp³-hybridized carbons (Fsp3) is 0.526. The highest BCUT2D eigenvalue weighted by molar-refractivity contribution is 6.32. The highest BCUT2D eigenvalue weighted by atomic mass is 35.5. The van der Waals surface area contributed by atoms with E-state index in [4.69, 9.17) is 22.1 Å². The quantitative estimate of drug-likeness (QED) is 0.867. The maximum absolute atomic E-state index is 11.9. The van der Waals surface area contributed by atoms with Crippen molar-refractivity contribution in [3.8, 4) is 5.75 Å². The predicted octanol–water partition coefficient (Wildman–Crippen LogP) is 3.86. The monoisotopic (exact) mass is 346 g/mol. The number of nitrogens with one attached hydrogen (secondary N) is 1. The van der Waals surface area contributed by atoms with Crippen LogP contribution in [0.3, 0.4) is 0 Å². The van der Waals surface area contributed by atoms with Crippen molar-refractivity contribution in [1.82, 2.24) is 4.98 Å². The number of nitrogens with two attached hydrogens (primary N) is 1. The first-order valence-electron chi connectivity index (χ1n) is 8.85. The second kappa shape index (κ2) is 6.41. The van der Waals surface area contributed by atoms with E-state index in [1.165, 1.54) is 12.8 Å². The Kier molecular flexibility index (Phi) is 4.27. The van der Waals surface area contributed by atoms with Crippen molar-refractivity contribution in [2.45, 2.75) is 50.7 Å². The average Bonchev–Trinajstić information content (AvgIpc) is 2.84. The molecule has 4 rings (SSSR count). The van der Waals surface area contributed by atoms with Crippen LogP contribution in [0, 0.1) is 11.8 Å². The van der Waals surface area contributed by atoms with Crippen molar-refractivity contribution in [2.24, 2.45) is 17.6 Å². The minimum Gasteiger partial charge on any atom is -0.489 e. The fourth-order valence-corrected chi connectivity index (χ4v) is 4.67. The van der Waals surface area contributed by atoms with E-state index in [2.05, 4.69) is 4.98 Å². The highest BCUT2D eigenvalue weighted by Gasteiger charge is 2.39. The lowest BCUT2D eigenvalue weighted by molar-refractivity contribution is 0.137. The Morgan fingerprint density at radius 1 is 1.12 bits per heavy atom. The average molecular weight is 347 g/mol. The van der Waals surface area contributed by atoms with Gasteiger partial charge in [0, 0.05) is 17.6 Å². The van der Waals surface area contributed by atoms with Crippen LogP contribution in [-0.4, -0.2) is 17.1 Å². The summed E-state index contributed by atoms with van der Waals surface area (Å²) in [6.45, 7) is 0. The number of aromatic amines is 1. The summed E-state index contributed by atoms with van der Waals surface area (Å²) in [4.78, 5) is 14.6. The zero-order valence-electron chi connectivity index (χ0n) is 13.6. The van der Waals surface area contributed by atoms with Gasteiger partial charge in [0.15, 0.2) is 0 Å². The van der Waals surface area contributed by atoms with Gasteiger partial charge in [0.1, 0.15) is 11.9 Å². The van der Waals surface area contributed by atoms with Gasteiger partial charge in [-0.2, -0.15) is 0 Å². The number of hydrogen-bond acceptors (Lipinski definition) is 3. The highest BCUT2D eigenvalue weighted by Crippen LogP contribution is 2.43. The third kappa shape index (κ3) is 2.93. The molecule has 2 aliphatic carbocycles. The molecule has 3 N–H and O–H groups in total. The molecule has 24 heavy (non-hydrogen) atoms. The van der Waals surface area contributed by atoms with Gasteiger partial charge in [-0.1, -0.05) is 11.6 Å². The normalized spacial score (nSPS) is 30.1. The number of aromatic nitrogens is 1.